The number of aromatic nitrogens is 1. The quantitative estimate of drug-likeness (QED) is 0.671. The van der Waals surface area contributed by atoms with Gasteiger partial charge in [0.15, 0.2) is 0 Å². The van der Waals surface area contributed by atoms with Gasteiger partial charge < -0.3 is 15.5 Å². The molecule has 0 aliphatic carbocycles. The second-order valence-electron chi connectivity index (χ2n) is 3.95. The van der Waals surface area contributed by atoms with E-state index in [9.17, 15) is 4.79 Å². The first-order valence-electron chi connectivity index (χ1n) is 6.16. The zero-order chi connectivity index (χ0) is 12.5. The van der Waals surface area contributed by atoms with E-state index in [0.29, 0.717) is 25.4 Å². The van der Waals surface area contributed by atoms with Gasteiger partial charge in [-0.25, -0.2) is 4.98 Å². The van der Waals surface area contributed by atoms with E-state index in [1.807, 2.05) is 6.92 Å². The Hall–Kier alpha value is -1.36. The number of unbranched alkanes of at least 4 members (excludes halogenated alkanes) is 2. The van der Waals surface area contributed by atoms with Crippen LogP contribution in [0.2, 0.25) is 0 Å². The first-order valence-corrected chi connectivity index (χ1v) is 6.16. The van der Waals surface area contributed by atoms with Crippen LogP contribution in [0, 0.1) is 0 Å². The lowest BCUT2D eigenvalue weighted by Crippen LogP contribution is -2.22. The zero-order valence-corrected chi connectivity index (χ0v) is 10.4. The number of rotatable bonds is 8. The molecule has 0 spiro atoms. The number of carbonyl (C=O) groups excluding carboxylic acids is 1. The standard InChI is InChI=1S/C12H21N3O2/c1-2-10-8-15-12(17-10)9-14-11(16)6-4-3-5-7-13/h8H,2-7,9,13H2,1H3,(H,14,16). The SMILES string of the molecule is CCc1cnc(CNC(=O)CCCCCN)o1. The van der Waals surface area contributed by atoms with Crippen LogP contribution in [0.1, 0.15) is 44.3 Å². The van der Waals surface area contributed by atoms with Crippen LogP contribution in [0.4, 0.5) is 0 Å². The van der Waals surface area contributed by atoms with Gasteiger partial charge in [0.1, 0.15) is 5.76 Å². The Morgan fingerprint density at radius 1 is 1.47 bits per heavy atom. The number of nitrogens with two attached hydrogens (primary N) is 1. The highest BCUT2D eigenvalue weighted by Crippen LogP contribution is 2.04. The molecule has 0 bridgehead atoms. The molecule has 0 radical (unpaired) electrons. The lowest BCUT2D eigenvalue weighted by atomic mass is 10.2. The third kappa shape index (κ3) is 5.49. The van der Waals surface area contributed by atoms with Gasteiger partial charge in [-0.1, -0.05) is 13.3 Å². The minimum Gasteiger partial charge on any atom is -0.444 e. The Balaban J connectivity index is 2.14. The highest BCUT2D eigenvalue weighted by Gasteiger charge is 2.05. The molecule has 0 aromatic carbocycles. The Bertz CT molecular complexity index is 336. The maximum Gasteiger partial charge on any atom is 0.220 e. The maximum absolute atomic E-state index is 11.4. The molecule has 1 aromatic rings. The van der Waals surface area contributed by atoms with Crippen molar-refractivity contribution in [3.05, 3.63) is 17.8 Å². The summed E-state index contributed by atoms with van der Waals surface area (Å²) >= 11 is 0. The molecule has 3 N–H and O–H groups in total. The smallest absolute Gasteiger partial charge is 0.220 e. The van der Waals surface area contributed by atoms with Gasteiger partial charge in [0.05, 0.1) is 12.7 Å². The van der Waals surface area contributed by atoms with E-state index >= 15 is 0 Å². The number of hydrogen-bond acceptors (Lipinski definition) is 4. The molecule has 1 aromatic heterocycles. The maximum atomic E-state index is 11.4. The van der Waals surface area contributed by atoms with Gasteiger partial charge >= 0.3 is 0 Å². The zero-order valence-electron chi connectivity index (χ0n) is 10.4. The molecule has 17 heavy (non-hydrogen) atoms. The molecule has 1 heterocycles. The average molecular weight is 239 g/mol. The van der Waals surface area contributed by atoms with Crippen molar-refractivity contribution in [2.24, 2.45) is 5.73 Å². The summed E-state index contributed by atoms with van der Waals surface area (Å²) in [6.07, 6.45) is 5.93. The number of amides is 1. The number of carbonyl (C=O) groups is 1. The molecule has 0 atom stereocenters. The molecule has 0 aliphatic rings. The number of nitrogens with zero attached hydrogens (tertiary/aromatic N) is 1. The van der Waals surface area contributed by atoms with E-state index in [2.05, 4.69) is 10.3 Å². The molecule has 5 nitrogen and oxygen atoms in total. The Morgan fingerprint density at radius 2 is 2.29 bits per heavy atom. The van der Waals surface area contributed by atoms with Gasteiger partial charge in [0.2, 0.25) is 11.8 Å². The number of hydrogen-bond donors (Lipinski definition) is 2. The van der Waals surface area contributed by atoms with Crippen molar-refractivity contribution in [2.75, 3.05) is 6.54 Å². The van der Waals surface area contributed by atoms with Crippen LogP contribution < -0.4 is 11.1 Å². The third-order valence-electron chi connectivity index (χ3n) is 2.49. The topological polar surface area (TPSA) is 81.2 Å². The van der Waals surface area contributed by atoms with Crippen molar-refractivity contribution < 1.29 is 9.21 Å². The molecule has 0 unspecified atom stereocenters. The second-order valence-corrected chi connectivity index (χ2v) is 3.95. The molecule has 0 aliphatic heterocycles. The van der Waals surface area contributed by atoms with Crippen LogP contribution in [0.5, 0.6) is 0 Å². The fourth-order valence-electron chi connectivity index (χ4n) is 1.46. The van der Waals surface area contributed by atoms with Gasteiger partial charge in [0.25, 0.3) is 0 Å². The summed E-state index contributed by atoms with van der Waals surface area (Å²) in [7, 11) is 0. The van der Waals surface area contributed by atoms with Crippen molar-refractivity contribution in [1.82, 2.24) is 10.3 Å². The van der Waals surface area contributed by atoms with Crippen molar-refractivity contribution in [1.29, 1.82) is 0 Å². The fraction of sp³-hybridized carbons (Fsp3) is 0.667. The Kier molecular flexibility index (Phi) is 6.32. The Morgan fingerprint density at radius 3 is 2.94 bits per heavy atom. The molecule has 0 saturated heterocycles. The van der Waals surface area contributed by atoms with Gasteiger partial charge in [-0.2, -0.15) is 0 Å². The molecule has 0 saturated carbocycles. The number of aryl methyl sites for hydroxylation is 1. The summed E-state index contributed by atoms with van der Waals surface area (Å²) in [6, 6.07) is 0. The monoisotopic (exact) mass is 239 g/mol. The highest BCUT2D eigenvalue weighted by molar-refractivity contribution is 5.75. The molecular weight excluding hydrogens is 218 g/mol. The number of oxazole rings is 1. The van der Waals surface area contributed by atoms with Crippen LogP contribution in [0.15, 0.2) is 10.6 Å². The van der Waals surface area contributed by atoms with Crippen molar-refractivity contribution in [3.8, 4) is 0 Å². The van der Waals surface area contributed by atoms with Gasteiger partial charge in [-0.15, -0.1) is 0 Å². The lowest BCUT2D eigenvalue weighted by Gasteiger charge is -2.02. The second kappa shape index (κ2) is 7.84. The molecule has 0 fully saturated rings. The fourth-order valence-corrected chi connectivity index (χ4v) is 1.46. The van der Waals surface area contributed by atoms with Crippen molar-refractivity contribution >= 4 is 5.91 Å². The summed E-state index contributed by atoms with van der Waals surface area (Å²) < 4.78 is 5.38. The van der Waals surface area contributed by atoms with Crippen LogP contribution in [0.25, 0.3) is 0 Å². The molecule has 1 rings (SSSR count). The summed E-state index contributed by atoms with van der Waals surface area (Å²) in [5.74, 6) is 1.45. The van der Waals surface area contributed by atoms with E-state index in [4.69, 9.17) is 10.2 Å². The van der Waals surface area contributed by atoms with Gasteiger partial charge in [-0.05, 0) is 19.4 Å². The van der Waals surface area contributed by atoms with Crippen LogP contribution in [0.3, 0.4) is 0 Å². The highest BCUT2D eigenvalue weighted by atomic mass is 16.4. The van der Waals surface area contributed by atoms with E-state index < -0.39 is 0 Å². The van der Waals surface area contributed by atoms with Crippen LogP contribution in [-0.2, 0) is 17.8 Å². The van der Waals surface area contributed by atoms with Crippen LogP contribution >= 0.6 is 0 Å². The van der Waals surface area contributed by atoms with Gasteiger partial charge in [0, 0.05) is 12.8 Å². The molecular formula is C12H21N3O2. The summed E-state index contributed by atoms with van der Waals surface area (Å²) in [5.41, 5.74) is 5.37. The van der Waals surface area contributed by atoms with E-state index in [1.54, 1.807) is 6.20 Å². The predicted molar refractivity (Wildman–Crippen MR) is 65.3 cm³/mol. The lowest BCUT2D eigenvalue weighted by molar-refractivity contribution is -0.121. The minimum absolute atomic E-state index is 0.0401. The molecule has 1 amide bonds. The summed E-state index contributed by atoms with van der Waals surface area (Å²) in [5, 5.41) is 2.79. The predicted octanol–water partition coefficient (Wildman–Crippen LogP) is 1.37. The number of nitrogens with one attached hydrogen (secondary N) is 1. The summed E-state index contributed by atoms with van der Waals surface area (Å²) in [4.78, 5) is 15.5. The minimum atomic E-state index is 0.0401. The first-order chi connectivity index (χ1) is 8.26. The average Bonchev–Trinajstić information content (AvgIpc) is 2.80. The third-order valence-corrected chi connectivity index (χ3v) is 2.49. The molecule has 5 heteroatoms. The Labute approximate surface area is 102 Å². The summed E-state index contributed by atoms with van der Waals surface area (Å²) in [6.45, 7) is 3.06. The van der Waals surface area contributed by atoms with Crippen LogP contribution in [-0.4, -0.2) is 17.4 Å². The van der Waals surface area contributed by atoms with Crippen molar-refractivity contribution in [3.63, 3.8) is 0 Å². The normalized spacial score (nSPS) is 10.5. The molecule has 96 valence electrons. The van der Waals surface area contributed by atoms with Gasteiger partial charge in [-0.3, -0.25) is 4.79 Å². The van der Waals surface area contributed by atoms with E-state index in [-0.39, 0.29) is 5.91 Å². The van der Waals surface area contributed by atoms with E-state index in [1.165, 1.54) is 0 Å². The van der Waals surface area contributed by atoms with Crippen molar-refractivity contribution in [2.45, 2.75) is 45.6 Å². The van der Waals surface area contributed by atoms with E-state index in [0.717, 1.165) is 31.4 Å². The largest absolute Gasteiger partial charge is 0.444 e. The first kappa shape index (κ1) is 13.7.